The topological polar surface area (TPSA) is 66.8 Å². The molecule has 19 heavy (non-hydrogen) atoms. The third kappa shape index (κ3) is 3.93. The second-order valence-corrected chi connectivity index (χ2v) is 5.45. The number of hydrogen-bond donors (Lipinski definition) is 2. The Bertz CT molecular complexity index is 574. The van der Waals surface area contributed by atoms with Crippen LogP contribution in [0.5, 0.6) is 5.75 Å². The molecule has 0 spiro atoms. The molecular formula is C14H15O4P. The van der Waals surface area contributed by atoms with Gasteiger partial charge in [-0.05, 0) is 23.3 Å². The summed E-state index contributed by atoms with van der Waals surface area (Å²) in [6, 6.07) is 16.8. The molecule has 0 aliphatic carbocycles. The normalized spacial score (nSPS) is 13.0. The molecule has 0 amide bonds. The lowest BCUT2D eigenvalue weighted by Crippen LogP contribution is -1.96. The highest BCUT2D eigenvalue weighted by Crippen LogP contribution is 2.38. The van der Waals surface area contributed by atoms with Gasteiger partial charge in [0.05, 0.1) is 0 Å². The van der Waals surface area contributed by atoms with Crippen LogP contribution < -0.4 is 4.52 Å². The molecule has 2 N–H and O–H groups in total. The van der Waals surface area contributed by atoms with E-state index in [0.717, 1.165) is 5.56 Å². The van der Waals surface area contributed by atoms with E-state index in [1.165, 1.54) is 5.56 Å². The van der Waals surface area contributed by atoms with Crippen LogP contribution in [0.15, 0.2) is 54.6 Å². The van der Waals surface area contributed by atoms with Gasteiger partial charge in [-0.25, -0.2) is 4.57 Å². The molecule has 2 aromatic rings. The lowest BCUT2D eigenvalue weighted by Gasteiger charge is -2.13. The van der Waals surface area contributed by atoms with E-state index in [-0.39, 0.29) is 11.7 Å². The number of rotatable bonds is 4. The highest BCUT2D eigenvalue weighted by atomic mass is 31.2. The van der Waals surface area contributed by atoms with Crippen LogP contribution in [0.4, 0.5) is 0 Å². The zero-order chi connectivity index (χ0) is 13.9. The van der Waals surface area contributed by atoms with Crippen LogP contribution in [0, 0.1) is 0 Å². The first-order valence-electron chi connectivity index (χ1n) is 5.86. The van der Waals surface area contributed by atoms with Gasteiger partial charge in [0.1, 0.15) is 5.75 Å². The molecule has 0 saturated heterocycles. The summed E-state index contributed by atoms with van der Waals surface area (Å²) in [5, 5.41) is 0. The van der Waals surface area contributed by atoms with Crippen molar-refractivity contribution < 1.29 is 18.9 Å². The van der Waals surface area contributed by atoms with Crippen molar-refractivity contribution in [1.82, 2.24) is 0 Å². The Morgan fingerprint density at radius 2 is 1.47 bits per heavy atom. The Balaban J connectivity index is 2.17. The van der Waals surface area contributed by atoms with Crippen LogP contribution in [0.3, 0.4) is 0 Å². The average Bonchev–Trinajstić information content (AvgIpc) is 2.38. The molecule has 0 radical (unpaired) electrons. The average molecular weight is 278 g/mol. The van der Waals surface area contributed by atoms with E-state index in [1.54, 1.807) is 12.1 Å². The van der Waals surface area contributed by atoms with Gasteiger partial charge in [-0.3, -0.25) is 9.79 Å². The molecule has 0 saturated carbocycles. The predicted molar refractivity (Wildman–Crippen MR) is 73.1 cm³/mol. The van der Waals surface area contributed by atoms with Gasteiger partial charge in [0.25, 0.3) is 0 Å². The Morgan fingerprint density at radius 1 is 0.947 bits per heavy atom. The quantitative estimate of drug-likeness (QED) is 0.842. The van der Waals surface area contributed by atoms with E-state index in [4.69, 9.17) is 9.79 Å². The number of benzene rings is 2. The molecule has 4 nitrogen and oxygen atoms in total. The molecule has 0 aliphatic rings. The molecule has 2 rings (SSSR count). The molecule has 2 aromatic carbocycles. The molecule has 1 atom stereocenters. The minimum absolute atomic E-state index is 0.164. The van der Waals surface area contributed by atoms with Crippen LogP contribution in [0.2, 0.25) is 0 Å². The maximum absolute atomic E-state index is 10.7. The SMILES string of the molecule is CC(c1ccccc1)c1ccc(OP(=O)(O)O)cc1. The molecule has 0 aromatic heterocycles. The first kappa shape index (κ1) is 13.8. The summed E-state index contributed by atoms with van der Waals surface area (Å²) in [4.78, 5) is 17.4. The van der Waals surface area contributed by atoms with Gasteiger partial charge >= 0.3 is 7.82 Å². The molecule has 5 heteroatoms. The van der Waals surface area contributed by atoms with Gasteiger partial charge in [-0.15, -0.1) is 0 Å². The van der Waals surface area contributed by atoms with Gasteiger partial charge in [0.15, 0.2) is 0 Å². The molecule has 1 unspecified atom stereocenters. The lowest BCUT2D eigenvalue weighted by atomic mass is 9.93. The van der Waals surface area contributed by atoms with Crippen molar-refractivity contribution in [2.75, 3.05) is 0 Å². The van der Waals surface area contributed by atoms with Crippen LogP contribution in [0.25, 0.3) is 0 Å². The third-order valence-corrected chi connectivity index (χ3v) is 3.35. The molecule has 0 aliphatic heterocycles. The monoisotopic (exact) mass is 278 g/mol. The van der Waals surface area contributed by atoms with E-state index in [9.17, 15) is 4.57 Å². The van der Waals surface area contributed by atoms with Gasteiger partial charge in [-0.1, -0.05) is 49.4 Å². The van der Waals surface area contributed by atoms with Crippen molar-refractivity contribution >= 4 is 7.82 Å². The maximum atomic E-state index is 10.7. The molecular weight excluding hydrogens is 263 g/mol. The van der Waals surface area contributed by atoms with Crippen molar-refractivity contribution in [3.05, 3.63) is 65.7 Å². The lowest BCUT2D eigenvalue weighted by molar-refractivity contribution is 0.283. The number of phosphoric ester groups is 1. The van der Waals surface area contributed by atoms with E-state index >= 15 is 0 Å². The fraction of sp³-hybridized carbons (Fsp3) is 0.143. The highest BCUT2D eigenvalue weighted by molar-refractivity contribution is 7.46. The minimum Gasteiger partial charge on any atom is -0.404 e. The van der Waals surface area contributed by atoms with E-state index in [2.05, 4.69) is 11.4 Å². The Morgan fingerprint density at radius 3 is 2.00 bits per heavy atom. The largest absolute Gasteiger partial charge is 0.524 e. The maximum Gasteiger partial charge on any atom is 0.524 e. The van der Waals surface area contributed by atoms with E-state index < -0.39 is 7.82 Å². The Hall–Kier alpha value is -1.61. The van der Waals surface area contributed by atoms with Crippen LogP contribution in [0.1, 0.15) is 24.0 Å². The van der Waals surface area contributed by atoms with E-state index in [0.29, 0.717) is 0 Å². The zero-order valence-corrected chi connectivity index (χ0v) is 11.3. The summed E-state index contributed by atoms with van der Waals surface area (Å²) in [7, 11) is -4.48. The summed E-state index contributed by atoms with van der Waals surface area (Å²) in [5.41, 5.74) is 2.25. The van der Waals surface area contributed by atoms with Gasteiger partial charge in [0.2, 0.25) is 0 Å². The fourth-order valence-corrected chi connectivity index (χ4v) is 2.29. The number of hydrogen-bond acceptors (Lipinski definition) is 2. The summed E-state index contributed by atoms with van der Waals surface area (Å²) < 4.78 is 15.2. The van der Waals surface area contributed by atoms with Gasteiger partial charge in [0, 0.05) is 5.92 Å². The Kier molecular flexibility index (Phi) is 4.05. The molecule has 0 bridgehead atoms. The molecule has 0 heterocycles. The van der Waals surface area contributed by atoms with Crippen molar-refractivity contribution in [2.24, 2.45) is 0 Å². The van der Waals surface area contributed by atoms with Crippen molar-refractivity contribution in [3.63, 3.8) is 0 Å². The smallest absolute Gasteiger partial charge is 0.404 e. The highest BCUT2D eigenvalue weighted by Gasteiger charge is 2.16. The van der Waals surface area contributed by atoms with Gasteiger partial charge < -0.3 is 4.52 Å². The van der Waals surface area contributed by atoms with Crippen LogP contribution >= 0.6 is 7.82 Å². The first-order chi connectivity index (χ1) is 8.96. The van der Waals surface area contributed by atoms with Crippen LogP contribution in [-0.2, 0) is 4.57 Å². The standard InChI is InChI=1S/C14H15O4P/c1-11(12-5-3-2-4-6-12)13-7-9-14(10-8-13)18-19(15,16)17/h2-11H,1H3,(H2,15,16,17). The summed E-state index contributed by atoms with van der Waals surface area (Å²) >= 11 is 0. The first-order valence-corrected chi connectivity index (χ1v) is 7.39. The van der Waals surface area contributed by atoms with Crippen molar-refractivity contribution in [1.29, 1.82) is 0 Å². The summed E-state index contributed by atoms with van der Waals surface area (Å²) in [6.45, 7) is 2.08. The molecule has 0 fully saturated rings. The number of phosphoric acid groups is 1. The predicted octanol–water partition coefficient (Wildman–Crippen LogP) is 3.31. The van der Waals surface area contributed by atoms with Crippen LogP contribution in [-0.4, -0.2) is 9.79 Å². The third-order valence-electron chi connectivity index (χ3n) is 2.90. The fourth-order valence-electron chi connectivity index (χ4n) is 1.89. The van der Waals surface area contributed by atoms with Crippen molar-refractivity contribution in [3.8, 4) is 5.75 Å². The second kappa shape index (κ2) is 5.57. The minimum atomic E-state index is -4.48. The van der Waals surface area contributed by atoms with Gasteiger partial charge in [-0.2, -0.15) is 0 Å². The van der Waals surface area contributed by atoms with Crippen molar-refractivity contribution in [2.45, 2.75) is 12.8 Å². The second-order valence-electron chi connectivity index (χ2n) is 4.28. The molecule has 100 valence electrons. The summed E-state index contributed by atoms with van der Waals surface area (Å²) in [5.74, 6) is 0.377. The summed E-state index contributed by atoms with van der Waals surface area (Å²) in [6.07, 6.45) is 0. The zero-order valence-electron chi connectivity index (χ0n) is 10.4. The van der Waals surface area contributed by atoms with E-state index in [1.807, 2.05) is 42.5 Å². The Labute approximate surface area is 111 Å².